The fourth-order valence-corrected chi connectivity index (χ4v) is 2.85. The molecule has 2 unspecified atom stereocenters. The van der Waals surface area contributed by atoms with Crippen molar-refractivity contribution in [3.8, 4) is 0 Å². The van der Waals surface area contributed by atoms with Crippen molar-refractivity contribution in [3.63, 3.8) is 0 Å². The SMILES string of the molecule is O=C1C=CC(=O)N1C(=O)[C@H]1CC2C=CC1C2. The van der Waals surface area contributed by atoms with E-state index in [1.54, 1.807) is 0 Å². The van der Waals surface area contributed by atoms with Gasteiger partial charge in [0.25, 0.3) is 11.8 Å². The highest BCUT2D eigenvalue weighted by Crippen LogP contribution is 2.44. The summed E-state index contributed by atoms with van der Waals surface area (Å²) in [7, 11) is 0. The number of carbonyl (C=O) groups is 3. The van der Waals surface area contributed by atoms with E-state index in [2.05, 4.69) is 6.08 Å². The van der Waals surface area contributed by atoms with Crippen molar-refractivity contribution in [2.75, 3.05) is 0 Å². The zero-order valence-corrected chi connectivity index (χ0v) is 8.63. The lowest BCUT2D eigenvalue weighted by Crippen LogP contribution is -2.41. The molecule has 4 nitrogen and oxygen atoms in total. The van der Waals surface area contributed by atoms with Gasteiger partial charge < -0.3 is 0 Å². The molecule has 3 amide bonds. The van der Waals surface area contributed by atoms with E-state index >= 15 is 0 Å². The molecule has 0 radical (unpaired) electrons. The summed E-state index contributed by atoms with van der Waals surface area (Å²) in [6.45, 7) is 0. The van der Waals surface area contributed by atoms with Crippen molar-refractivity contribution in [1.29, 1.82) is 0 Å². The highest BCUT2D eigenvalue weighted by molar-refractivity contribution is 6.23. The molecule has 3 rings (SSSR count). The first-order valence-electron chi connectivity index (χ1n) is 5.45. The van der Waals surface area contributed by atoms with E-state index in [0.29, 0.717) is 5.92 Å². The van der Waals surface area contributed by atoms with Gasteiger partial charge in [-0.2, -0.15) is 0 Å². The van der Waals surface area contributed by atoms with Gasteiger partial charge in [-0.1, -0.05) is 12.2 Å². The summed E-state index contributed by atoms with van der Waals surface area (Å²) in [4.78, 5) is 35.6. The minimum atomic E-state index is -0.498. The van der Waals surface area contributed by atoms with Gasteiger partial charge in [0, 0.05) is 18.1 Å². The Hall–Kier alpha value is -1.71. The van der Waals surface area contributed by atoms with E-state index in [1.807, 2.05) is 6.08 Å². The molecule has 0 aromatic rings. The summed E-state index contributed by atoms with van der Waals surface area (Å²) in [6, 6.07) is 0. The first-order valence-corrected chi connectivity index (χ1v) is 5.45. The van der Waals surface area contributed by atoms with Crippen LogP contribution in [0.2, 0.25) is 0 Å². The Morgan fingerprint density at radius 3 is 2.31 bits per heavy atom. The molecule has 0 aromatic carbocycles. The van der Waals surface area contributed by atoms with Gasteiger partial charge in [-0.15, -0.1) is 0 Å². The third kappa shape index (κ3) is 1.19. The predicted molar refractivity (Wildman–Crippen MR) is 54.8 cm³/mol. The minimum Gasteiger partial charge on any atom is -0.274 e. The van der Waals surface area contributed by atoms with Gasteiger partial charge >= 0.3 is 0 Å². The molecule has 1 saturated carbocycles. The van der Waals surface area contributed by atoms with Crippen molar-refractivity contribution >= 4 is 17.7 Å². The summed E-state index contributed by atoms with van der Waals surface area (Å²) >= 11 is 0. The van der Waals surface area contributed by atoms with Crippen LogP contribution in [0.3, 0.4) is 0 Å². The maximum Gasteiger partial charge on any atom is 0.260 e. The lowest BCUT2D eigenvalue weighted by molar-refractivity contribution is -0.151. The molecule has 3 aliphatic rings. The van der Waals surface area contributed by atoms with E-state index in [4.69, 9.17) is 0 Å². The third-order valence-electron chi connectivity index (χ3n) is 3.63. The normalized spacial score (nSPS) is 35.5. The molecule has 2 bridgehead atoms. The van der Waals surface area contributed by atoms with E-state index in [1.165, 1.54) is 0 Å². The van der Waals surface area contributed by atoms with Crippen molar-refractivity contribution in [2.45, 2.75) is 12.8 Å². The highest BCUT2D eigenvalue weighted by atomic mass is 16.2. The van der Waals surface area contributed by atoms with Crippen LogP contribution in [0.1, 0.15) is 12.8 Å². The van der Waals surface area contributed by atoms with Crippen LogP contribution < -0.4 is 0 Å². The first kappa shape index (κ1) is 9.51. The van der Waals surface area contributed by atoms with Crippen molar-refractivity contribution in [2.24, 2.45) is 17.8 Å². The summed E-state index contributed by atoms with van der Waals surface area (Å²) in [5.41, 5.74) is 0. The molecule has 1 aliphatic heterocycles. The lowest BCUT2D eigenvalue weighted by atomic mass is 9.92. The molecule has 16 heavy (non-hydrogen) atoms. The smallest absolute Gasteiger partial charge is 0.260 e. The number of rotatable bonds is 1. The molecule has 0 spiro atoms. The van der Waals surface area contributed by atoms with Crippen LogP contribution >= 0.6 is 0 Å². The molecular weight excluding hydrogens is 206 g/mol. The largest absolute Gasteiger partial charge is 0.274 e. The van der Waals surface area contributed by atoms with Crippen LogP contribution in [-0.4, -0.2) is 22.6 Å². The number of nitrogens with zero attached hydrogens (tertiary/aromatic N) is 1. The quantitative estimate of drug-likeness (QED) is 0.478. The number of hydrogen-bond acceptors (Lipinski definition) is 3. The van der Waals surface area contributed by atoms with Crippen molar-refractivity contribution in [3.05, 3.63) is 24.3 Å². The maximum atomic E-state index is 12.1. The molecule has 3 atom stereocenters. The van der Waals surface area contributed by atoms with Gasteiger partial charge in [0.15, 0.2) is 0 Å². The number of allylic oxidation sites excluding steroid dienone is 2. The second-order valence-corrected chi connectivity index (χ2v) is 4.57. The zero-order chi connectivity index (χ0) is 11.3. The van der Waals surface area contributed by atoms with Gasteiger partial charge in [0.1, 0.15) is 0 Å². The molecule has 4 heteroatoms. The van der Waals surface area contributed by atoms with Gasteiger partial charge in [-0.3, -0.25) is 14.4 Å². The van der Waals surface area contributed by atoms with Crippen molar-refractivity contribution in [1.82, 2.24) is 4.90 Å². The van der Waals surface area contributed by atoms with Crippen LogP contribution in [0.4, 0.5) is 0 Å². The summed E-state index contributed by atoms with van der Waals surface area (Å²) < 4.78 is 0. The Bertz CT molecular complexity index is 431. The number of fused-ring (bicyclic) bond motifs is 2. The molecule has 0 saturated heterocycles. The Kier molecular flexibility index (Phi) is 1.87. The molecule has 0 N–H and O–H groups in total. The predicted octanol–water partition coefficient (Wildman–Crippen LogP) is 0.650. The minimum absolute atomic E-state index is 0.178. The molecule has 0 aromatic heterocycles. The molecular formula is C12H11NO3. The summed E-state index contributed by atoms with van der Waals surface area (Å²) in [6.07, 6.45) is 8.24. The fraction of sp³-hybridized carbons (Fsp3) is 0.417. The Labute approximate surface area is 92.6 Å². The van der Waals surface area contributed by atoms with E-state index in [0.717, 1.165) is 29.9 Å². The Morgan fingerprint density at radius 1 is 1.12 bits per heavy atom. The van der Waals surface area contributed by atoms with Gasteiger partial charge in [-0.05, 0) is 24.7 Å². The van der Waals surface area contributed by atoms with Crippen LogP contribution in [0, 0.1) is 17.8 Å². The number of hydrogen-bond donors (Lipinski definition) is 0. The zero-order valence-electron chi connectivity index (χ0n) is 8.63. The molecule has 1 fully saturated rings. The van der Waals surface area contributed by atoms with Crippen LogP contribution in [-0.2, 0) is 14.4 Å². The standard InChI is InChI=1S/C12H11NO3/c14-10-3-4-11(15)13(10)12(16)9-6-7-1-2-8(9)5-7/h1-4,7-9H,5-6H2/t7?,8?,9-/m0/s1. The van der Waals surface area contributed by atoms with Crippen molar-refractivity contribution < 1.29 is 14.4 Å². The highest BCUT2D eigenvalue weighted by Gasteiger charge is 2.44. The molecule has 82 valence electrons. The van der Waals surface area contributed by atoms with Crippen LogP contribution in [0.15, 0.2) is 24.3 Å². The number of amides is 3. The topological polar surface area (TPSA) is 54.5 Å². The summed E-state index contributed by atoms with van der Waals surface area (Å²) in [5, 5.41) is 0. The number of carbonyl (C=O) groups excluding carboxylic acids is 3. The fourth-order valence-electron chi connectivity index (χ4n) is 2.85. The average Bonchev–Trinajstić information content (AvgIpc) is 2.93. The second-order valence-electron chi connectivity index (χ2n) is 4.57. The van der Waals surface area contributed by atoms with Crippen LogP contribution in [0.5, 0.6) is 0 Å². The molecule has 2 aliphatic carbocycles. The third-order valence-corrected chi connectivity index (χ3v) is 3.63. The van der Waals surface area contributed by atoms with E-state index in [-0.39, 0.29) is 17.7 Å². The van der Waals surface area contributed by atoms with E-state index in [9.17, 15) is 14.4 Å². The lowest BCUT2D eigenvalue weighted by Gasteiger charge is -2.21. The summed E-state index contributed by atoms with van der Waals surface area (Å²) in [5.74, 6) is -0.818. The molecule has 1 heterocycles. The monoisotopic (exact) mass is 217 g/mol. The van der Waals surface area contributed by atoms with Gasteiger partial charge in [-0.25, -0.2) is 4.90 Å². The Morgan fingerprint density at radius 2 is 1.81 bits per heavy atom. The average molecular weight is 217 g/mol. The maximum absolute atomic E-state index is 12.1. The van der Waals surface area contributed by atoms with Gasteiger partial charge in [0.05, 0.1) is 0 Å². The van der Waals surface area contributed by atoms with Crippen LogP contribution in [0.25, 0.3) is 0 Å². The Balaban J connectivity index is 1.82. The first-order chi connectivity index (χ1) is 7.66. The van der Waals surface area contributed by atoms with Gasteiger partial charge in [0.2, 0.25) is 5.91 Å². The number of imide groups is 3. The van der Waals surface area contributed by atoms with E-state index < -0.39 is 11.8 Å². The second kappa shape index (κ2) is 3.14.